The molecule has 0 spiro atoms. The number of aliphatic hydroxyl groups excluding tert-OH is 2. The third-order valence-corrected chi connectivity index (χ3v) is 3.46. The Hall–Kier alpha value is -1.83. The summed E-state index contributed by atoms with van der Waals surface area (Å²) in [6, 6.07) is 5.68. The molecular weight excluding hydrogens is 254 g/mol. The lowest BCUT2D eigenvalue weighted by Crippen LogP contribution is -2.36. The number of carbonyl (C=O) groups excluding carboxylic acids is 1. The highest BCUT2D eigenvalue weighted by Crippen LogP contribution is 2.28. The molecule has 2 N–H and O–H groups in total. The molecule has 1 saturated carbocycles. The minimum absolute atomic E-state index is 0.0225. The van der Waals surface area contributed by atoms with Gasteiger partial charge in [0.2, 0.25) is 0 Å². The maximum absolute atomic E-state index is 12.6. The van der Waals surface area contributed by atoms with Gasteiger partial charge in [-0.05, 0) is 37.5 Å². The second-order valence-corrected chi connectivity index (χ2v) is 4.89. The quantitative estimate of drug-likeness (QED) is 0.803. The molecule has 0 bridgehead atoms. The van der Waals surface area contributed by atoms with Crippen molar-refractivity contribution in [2.24, 2.45) is 0 Å². The van der Waals surface area contributed by atoms with Crippen molar-refractivity contribution in [1.29, 1.82) is 0 Å². The molecule has 1 aromatic carbocycles. The van der Waals surface area contributed by atoms with Crippen LogP contribution in [0.4, 0.5) is 0 Å². The standard InChI is InChI=1S/C16H19NO3/c1-12-13(5-3-10-18)4-2-6-15(12)16(20)17(9-11-19)14-7-8-14/h2,4,6,14,18-19H,7-11H2,1H3. The van der Waals surface area contributed by atoms with Crippen LogP contribution in [0.1, 0.15) is 34.3 Å². The smallest absolute Gasteiger partial charge is 0.254 e. The minimum atomic E-state index is -0.198. The summed E-state index contributed by atoms with van der Waals surface area (Å²) in [7, 11) is 0. The lowest BCUT2D eigenvalue weighted by Gasteiger charge is -2.22. The number of nitrogens with zero attached hydrogens (tertiary/aromatic N) is 1. The summed E-state index contributed by atoms with van der Waals surface area (Å²) in [5.41, 5.74) is 2.20. The van der Waals surface area contributed by atoms with Gasteiger partial charge in [0.1, 0.15) is 6.61 Å². The van der Waals surface area contributed by atoms with Crippen LogP contribution in [0.25, 0.3) is 0 Å². The van der Waals surface area contributed by atoms with Crippen LogP contribution in [0, 0.1) is 18.8 Å². The van der Waals surface area contributed by atoms with Crippen LogP contribution in [0.2, 0.25) is 0 Å². The van der Waals surface area contributed by atoms with E-state index in [9.17, 15) is 4.79 Å². The van der Waals surface area contributed by atoms with Crippen LogP contribution < -0.4 is 0 Å². The fourth-order valence-corrected chi connectivity index (χ4v) is 2.24. The molecule has 0 radical (unpaired) electrons. The first-order valence-electron chi connectivity index (χ1n) is 6.80. The number of hydrogen-bond donors (Lipinski definition) is 2. The largest absolute Gasteiger partial charge is 0.395 e. The van der Waals surface area contributed by atoms with Crippen LogP contribution in [0.3, 0.4) is 0 Å². The Morgan fingerprint density at radius 3 is 2.75 bits per heavy atom. The number of carbonyl (C=O) groups is 1. The van der Waals surface area contributed by atoms with E-state index in [0.29, 0.717) is 12.1 Å². The van der Waals surface area contributed by atoms with Crippen molar-refractivity contribution >= 4 is 5.91 Å². The van der Waals surface area contributed by atoms with E-state index in [-0.39, 0.29) is 25.2 Å². The van der Waals surface area contributed by atoms with Crippen LogP contribution >= 0.6 is 0 Å². The van der Waals surface area contributed by atoms with Crippen molar-refractivity contribution in [2.75, 3.05) is 19.8 Å². The summed E-state index contributed by atoms with van der Waals surface area (Å²) >= 11 is 0. The highest BCUT2D eigenvalue weighted by Gasteiger charge is 2.33. The molecule has 4 nitrogen and oxygen atoms in total. The third-order valence-electron chi connectivity index (χ3n) is 3.46. The highest BCUT2D eigenvalue weighted by molar-refractivity contribution is 5.96. The van der Waals surface area contributed by atoms with Gasteiger partial charge in [0.15, 0.2) is 0 Å². The lowest BCUT2D eigenvalue weighted by molar-refractivity contribution is 0.0707. The van der Waals surface area contributed by atoms with Gasteiger partial charge in [-0.15, -0.1) is 0 Å². The van der Waals surface area contributed by atoms with Crippen LogP contribution in [-0.4, -0.2) is 46.8 Å². The molecule has 0 atom stereocenters. The predicted octanol–water partition coefficient (Wildman–Crippen LogP) is 0.936. The SMILES string of the molecule is Cc1c(C#CCO)cccc1C(=O)N(CCO)C1CC1. The third kappa shape index (κ3) is 3.19. The Morgan fingerprint density at radius 2 is 2.15 bits per heavy atom. The summed E-state index contributed by atoms with van der Waals surface area (Å²) in [6.45, 7) is 2.01. The van der Waals surface area contributed by atoms with Crippen LogP contribution in [-0.2, 0) is 0 Å². The van der Waals surface area contributed by atoms with Crippen molar-refractivity contribution in [3.05, 3.63) is 34.9 Å². The summed E-state index contributed by atoms with van der Waals surface area (Å²) < 4.78 is 0. The van der Waals surface area contributed by atoms with Crippen LogP contribution in [0.15, 0.2) is 18.2 Å². The fourth-order valence-electron chi connectivity index (χ4n) is 2.24. The second-order valence-electron chi connectivity index (χ2n) is 4.89. The zero-order valence-corrected chi connectivity index (χ0v) is 11.6. The Morgan fingerprint density at radius 1 is 1.40 bits per heavy atom. The number of benzene rings is 1. The Labute approximate surface area is 119 Å². The molecule has 4 heteroatoms. The van der Waals surface area contributed by atoms with Gasteiger partial charge in [0, 0.05) is 23.7 Å². The first kappa shape index (κ1) is 14.6. The van der Waals surface area contributed by atoms with Crippen molar-refractivity contribution < 1.29 is 15.0 Å². The summed E-state index contributed by atoms with van der Waals surface area (Å²) in [5, 5.41) is 17.9. The second kappa shape index (κ2) is 6.56. The van der Waals surface area contributed by atoms with Gasteiger partial charge >= 0.3 is 0 Å². The van der Waals surface area contributed by atoms with Crippen molar-refractivity contribution in [2.45, 2.75) is 25.8 Å². The minimum Gasteiger partial charge on any atom is -0.395 e. The fraction of sp³-hybridized carbons (Fsp3) is 0.438. The summed E-state index contributed by atoms with van der Waals surface area (Å²) in [4.78, 5) is 14.3. The van der Waals surface area contributed by atoms with E-state index in [4.69, 9.17) is 10.2 Å². The Kier molecular flexibility index (Phi) is 4.78. The first-order chi connectivity index (χ1) is 9.69. The van der Waals surface area contributed by atoms with Gasteiger partial charge in [-0.3, -0.25) is 4.79 Å². The van der Waals surface area contributed by atoms with Crippen molar-refractivity contribution in [3.8, 4) is 11.8 Å². The highest BCUT2D eigenvalue weighted by atomic mass is 16.3. The molecule has 1 aliphatic carbocycles. The number of rotatable bonds is 4. The number of aliphatic hydroxyl groups is 2. The molecule has 0 aliphatic heterocycles. The van der Waals surface area contributed by atoms with Crippen molar-refractivity contribution in [3.63, 3.8) is 0 Å². The molecule has 20 heavy (non-hydrogen) atoms. The normalized spacial score (nSPS) is 13.6. The van der Waals surface area contributed by atoms with Crippen LogP contribution in [0.5, 0.6) is 0 Å². The number of amides is 1. The topological polar surface area (TPSA) is 60.8 Å². The van der Waals surface area contributed by atoms with E-state index in [2.05, 4.69) is 11.8 Å². The molecule has 1 aliphatic rings. The van der Waals surface area contributed by atoms with E-state index < -0.39 is 0 Å². The van der Waals surface area contributed by atoms with E-state index in [1.165, 1.54) is 0 Å². The molecule has 1 fully saturated rings. The first-order valence-corrected chi connectivity index (χ1v) is 6.80. The van der Waals surface area contributed by atoms with E-state index in [1.807, 2.05) is 13.0 Å². The van der Waals surface area contributed by atoms with Gasteiger partial charge in [-0.25, -0.2) is 0 Å². The Balaban J connectivity index is 2.29. The maximum Gasteiger partial charge on any atom is 0.254 e. The van der Waals surface area contributed by atoms with E-state index in [0.717, 1.165) is 24.0 Å². The molecule has 1 aromatic rings. The maximum atomic E-state index is 12.6. The average Bonchev–Trinajstić information content (AvgIpc) is 3.27. The number of hydrogen-bond acceptors (Lipinski definition) is 3. The zero-order valence-electron chi connectivity index (χ0n) is 11.6. The van der Waals surface area contributed by atoms with E-state index in [1.54, 1.807) is 17.0 Å². The molecule has 0 aromatic heterocycles. The average molecular weight is 273 g/mol. The van der Waals surface area contributed by atoms with Gasteiger partial charge in [0.25, 0.3) is 5.91 Å². The molecule has 0 heterocycles. The molecule has 1 amide bonds. The monoisotopic (exact) mass is 273 g/mol. The molecule has 0 unspecified atom stereocenters. The van der Waals surface area contributed by atoms with Gasteiger partial charge in [-0.2, -0.15) is 0 Å². The summed E-state index contributed by atoms with van der Waals surface area (Å²) in [5.74, 6) is 5.41. The Bertz CT molecular complexity index is 553. The van der Waals surface area contributed by atoms with Gasteiger partial charge in [0.05, 0.1) is 6.61 Å². The van der Waals surface area contributed by atoms with Gasteiger partial charge < -0.3 is 15.1 Å². The molecular formula is C16H19NO3. The van der Waals surface area contributed by atoms with Crippen molar-refractivity contribution in [1.82, 2.24) is 4.90 Å². The lowest BCUT2D eigenvalue weighted by atomic mass is 10.0. The summed E-state index contributed by atoms with van der Waals surface area (Å²) in [6.07, 6.45) is 2.02. The predicted molar refractivity (Wildman–Crippen MR) is 76.3 cm³/mol. The van der Waals surface area contributed by atoms with Gasteiger partial charge in [-0.1, -0.05) is 17.9 Å². The molecule has 106 valence electrons. The molecule has 2 rings (SSSR count). The zero-order chi connectivity index (χ0) is 14.5. The van der Waals surface area contributed by atoms with E-state index >= 15 is 0 Å². The molecule has 0 saturated heterocycles.